The number of hydrogen-bond acceptors (Lipinski definition) is 7. The Bertz CT molecular complexity index is 2780. The Morgan fingerprint density at radius 1 is 0.473 bits per heavy atom. The SMILES string of the molecule is CC(=O)N[C@H]1[C@H](O[Si](c2ccccc2)(c2ccccc2)C(C)(C)C)O[C@H]([C@@H](CO[Si](c2ccccc2)(c2ccccc2)C(C)(C)C)OC(=O)c2ccccc2)[C@@H]1O[Si](c1ccccc1)(c1ccccc1)C(C)(C)C. The predicted octanol–water partition coefficient (Wildman–Crippen LogP) is 9.54. The Morgan fingerprint density at radius 3 is 1.11 bits per heavy atom. The van der Waals surface area contributed by atoms with Gasteiger partial charge in [0, 0.05) is 6.92 Å². The molecule has 5 atom stereocenters. The Labute approximate surface area is 442 Å². The summed E-state index contributed by atoms with van der Waals surface area (Å²) in [6.45, 7) is 21.5. The number of esters is 1. The van der Waals surface area contributed by atoms with Crippen molar-refractivity contribution in [3.8, 4) is 0 Å². The average molecular weight is 1040 g/mol. The molecule has 74 heavy (non-hydrogen) atoms. The lowest BCUT2D eigenvalue weighted by molar-refractivity contribution is -0.135. The molecule has 0 aromatic heterocycles. The first-order valence-corrected chi connectivity index (χ1v) is 31.6. The molecule has 1 amide bonds. The molecule has 7 aromatic rings. The van der Waals surface area contributed by atoms with E-state index < -0.39 is 76.7 Å². The fraction of sp³-hybridized carbons (Fsp3) is 0.302. The third-order valence-electron chi connectivity index (χ3n) is 14.6. The molecule has 1 saturated heterocycles. The molecule has 0 radical (unpaired) electrons. The molecule has 0 bridgehead atoms. The van der Waals surface area contributed by atoms with E-state index in [0.29, 0.717) is 5.56 Å². The van der Waals surface area contributed by atoms with Gasteiger partial charge in [0.25, 0.3) is 25.0 Å². The average Bonchev–Trinajstić information content (AvgIpc) is 3.71. The van der Waals surface area contributed by atoms with E-state index >= 15 is 0 Å². The van der Waals surface area contributed by atoms with E-state index in [1.54, 1.807) is 12.1 Å². The fourth-order valence-corrected chi connectivity index (χ4v) is 25.1. The van der Waals surface area contributed by atoms with E-state index in [1.807, 2.05) is 54.6 Å². The third kappa shape index (κ3) is 10.7. The highest BCUT2D eigenvalue weighted by Crippen LogP contribution is 2.45. The number of carbonyl (C=O) groups excluding carboxylic acids is 2. The monoisotopic (exact) mass is 1040 g/mol. The molecule has 11 heteroatoms. The molecule has 0 unspecified atom stereocenters. The lowest BCUT2D eigenvalue weighted by Gasteiger charge is -2.47. The second-order valence-corrected chi connectivity index (χ2v) is 35.3. The first-order chi connectivity index (χ1) is 35.3. The van der Waals surface area contributed by atoms with Gasteiger partial charge in [0.15, 0.2) is 12.4 Å². The highest BCUT2D eigenvalue weighted by atomic mass is 28.4. The summed E-state index contributed by atoms with van der Waals surface area (Å²) in [6, 6.07) is 70.7. The van der Waals surface area contributed by atoms with Gasteiger partial charge in [-0.1, -0.05) is 263 Å². The van der Waals surface area contributed by atoms with Crippen LogP contribution in [0.3, 0.4) is 0 Å². The summed E-state index contributed by atoms with van der Waals surface area (Å²) in [6.07, 6.45) is -4.23. The van der Waals surface area contributed by atoms with Crippen molar-refractivity contribution in [2.24, 2.45) is 0 Å². The lowest BCUT2D eigenvalue weighted by Crippen LogP contribution is -2.71. The molecule has 1 N–H and O–H groups in total. The predicted molar refractivity (Wildman–Crippen MR) is 307 cm³/mol. The van der Waals surface area contributed by atoms with Gasteiger partial charge in [0.2, 0.25) is 5.91 Å². The van der Waals surface area contributed by atoms with Gasteiger partial charge in [-0.2, -0.15) is 0 Å². The van der Waals surface area contributed by atoms with Gasteiger partial charge >= 0.3 is 5.97 Å². The van der Waals surface area contributed by atoms with Crippen LogP contribution in [-0.2, 0) is 27.5 Å². The normalized spacial score (nSPS) is 18.1. The quantitative estimate of drug-likeness (QED) is 0.0718. The summed E-state index contributed by atoms with van der Waals surface area (Å²) >= 11 is 0. The molecule has 0 aliphatic carbocycles. The maximum Gasteiger partial charge on any atom is 0.338 e. The Balaban J connectivity index is 1.40. The van der Waals surface area contributed by atoms with Gasteiger partial charge in [0.05, 0.1) is 12.2 Å². The van der Waals surface area contributed by atoms with Gasteiger partial charge < -0.3 is 28.1 Å². The minimum absolute atomic E-state index is 0.0736. The van der Waals surface area contributed by atoms with E-state index in [4.69, 9.17) is 22.8 Å². The zero-order valence-electron chi connectivity index (χ0n) is 44.7. The van der Waals surface area contributed by atoms with Gasteiger partial charge in [0.1, 0.15) is 18.2 Å². The maximum atomic E-state index is 14.9. The fourth-order valence-electron chi connectivity index (χ4n) is 11.3. The standard InChI is InChI=1S/C63H73NO7Si3/c1-47(65)64-56-58(70-73(62(5,6)7,51-38-24-14-25-39-51)52-40-26-15-27-41-52)57(69-60(56)71-74(63(8,9)10,53-42-28-16-29-43-53)54-44-30-17-31-45-54)55(68-59(66)48-32-18-11-19-33-48)46-67-72(61(2,3)4,49-34-20-12-21-35-49)50-36-22-13-23-37-50/h11-45,55-58,60H,46H2,1-10H3,(H,64,65)/t55-,56-,57-,58-,60+/m1/s1. The molecule has 7 aromatic carbocycles. The van der Waals surface area contributed by atoms with E-state index in [-0.39, 0.29) is 12.5 Å². The van der Waals surface area contributed by atoms with Gasteiger partial charge in [-0.3, -0.25) is 4.79 Å². The second-order valence-electron chi connectivity index (χ2n) is 22.5. The Morgan fingerprint density at radius 2 is 0.784 bits per heavy atom. The molecule has 1 fully saturated rings. The van der Waals surface area contributed by atoms with Crippen LogP contribution in [0.2, 0.25) is 15.1 Å². The van der Waals surface area contributed by atoms with Gasteiger partial charge in [-0.15, -0.1) is 0 Å². The van der Waals surface area contributed by atoms with Crippen LogP contribution in [0.5, 0.6) is 0 Å². The second kappa shape index (κ2) is 22.4. The van der Waals surface area contributed by atoms with Crippen LogP contribution in [0.15, 0.2) is 212 Å². The van der Waals surface area contributed by atoms with Crippen molar-refractivity contribution >= 4 is 67.9 Å². The molecule has 1 aliphatic rings. The highest BCUT2D eigenvalue weighted by molar-refractivity contribution is 7.00. The summed E-state index contributed by atoms with van der Waals surface area (Å²) in [4.78, 5) is 28.9. The zero-order valence-corrected chi connectivity index (χ0v) is 47.7. The first-order valence-electron chi connectivity index (χ1n) is 25.8. The van der Waals surface area contributed by atoms with Crippen molar-refractivity contribution in [2.45, 2.75) is 115 Å². The van der Waals surface area contributed by atoms with Crippen LogP contribution in [0.25, 0.3) is 0 Å². The molecule has 1 aliphatic heterocycles. The van der Waals surface area contributed by atoms with Crippen molar-refractivity contribution in [3.63, 3.8) is 0 Å². The number of carbonyl (C=O) groups is 2. The van der Waals surface area contributed by atoms with Crippen molar-refractivity contribution in [1.29, 1.82) is 0 Å². The minimum atomic E-state index is -3.49. The number of ether oxygens (including phenoxy) is 2. The summed E-state index contributed by atoms with van der Waals surface area (Å²) in [5.74, 6) is -0.824. The summed E-state index contributed by atoms with van der Waals surface area (Å²) < 4.78 is 38.5. The zero-order chi connectivity index (χ0) is 52.8. The third-order valence-corrected chi connectivity index (χ3v) is 29.6. The molecule has 8 nitrogen and oxygen atoms in total. The van der Waals surface area contributed by atoms with Crippen molar-refractivity contribution < 1.29 is 32.3 Å². The lowest BCUT2D eigenvalue weighted by atomic mass is 10.0. The van der Waals surface area contributed by atoms with Crippen molar-refractivity contribution in [1.82, 2.24) is 5.32 Å². The van der Waals surface area contributed by atoms with Crippen molar-refractivity contribution in [3.05, 3.63) is 218 Å². The molecule has 0 saturated carbocycles. The van der Waals surface area contributed by atoms with Crippen LogP contribution in [0.4, 0.5) is 0 Å². The maximum absolute atomic E-state index is 14.9. The van der Waals surface area contributed by atoms with E-state index in [0.717, 1.165) is 31.1 Å². The molecular weight excluding hydrogens is 967 g/mol. The van der Waals surface area contributed by atoms with Crippen LogP contribution in [-0.4, -0.2) is 74.1 Å². The summed E-state index contributed by atoms with van der Waals surface area (Å²) in [5, 5.41) is 8.28. The molecule has 384 valence electrons. The van der Waals surface area contributed by atoms with Gasteiger partial charge in [-0.05, 0) is 58.4 Å². The van der Waals surface area contributed by atoms with Crippen LogP contribution in [0, 0.1) is 0 Å². The van der Waals surface area contributed by atoms with Crippen molar-refractivity contribution in [2.75, 3.05) is 6.61 Å². The first kappa shape index (κ1) is 54.2. The number of nitrogens with one attached hydrogen (secondary N) is 1. The summed E-state index contributed by atoms with van der Waals surface area (Å²) in [5.41, 5.74) is 0.379. The molecule has 0 spiro atoms. The largest absolute Gasteiger partial charge is 0.453 e. The Kier molecular flexibility index (Phi) is 16.4. The van der Waals surface area contributed by atoms with Crippen LogP contribution >= 0.6 is 0 Å². The van der Waals surface area contributed by atoms with Crippen LogP contribution < -0.4 is 36.4 Å². The number of benzene rings is 7. The molecule has 1 heterocycles. The Hall–Kier alpha value is -6.03. The number of amides is 1. The topological polar surface area (TPSA) is 92.3 Å². The number of rotatable bonds is 17. The summed E-state index contributed by atoms with van der Waals surface area (Å²) in [7, 11) is -10.2. The molecule has 8 rings (SSSR count). The minimum Gasteiger partial charge on any atom is -0.453 e. The van der Waals surface area contributed by atoms with E-state index in [9.17, 15) is 9.59 Å². The van der Waals surface area contributed by atoms with Gasteiger partial charge in [-0.25, -0.2) is 4.79 Å². The smallest absolute Gasteiger partial charge is 0.338 e. The molecular formula is C63H73NO7Si3. The van der Waals surface area contributed by atoms with E-state index in [1.165, 1.54) is 6.92 Å². The number of hydrogen-bond donors (Lipinski definition) is 1. The highest BCUT2D eigenvalue weighted by Gasteiger charge is 2.62. The van der Waals surface area contributed by atoms with E-state index in [2.05, 4.69) is 213 Å². The van der Waals surface area contributed by atoms with Crippen LogP contribution in [0.1, 0.15) is 79.6 Å².